The standard InChI is InChI=1S/C12H12ClN3O4/c13-10(17)15-6-7-16(12(15)19)14-11(18)20-8-9-4-2-1-3-5-9/h1-5H,6-8H2,(H,14,18). The number of rotatable bonds is 3. The molecular formula is C12H12ClN3O4. The van der Waals surface area contributed by atoms with Gasteiger partial charge in [0.2, 0.25) is 0 Å². The molecule has 0 radical (unpaired) electrons. The van der Waals surface area contributed by atoms with Gasteiger partial charge in [-0.05, 0) is 17.2 Å². The fraction of sp³-hybridized carbons (Fsp3) is 0.250. The van der Waals surface area contributed by atoms with Crippen molar-refractivity contribution < 1.29 is 19.1 Å². The Bertz CT molecular complexity index is 523. The van der Waals surface area contributed by atoms with Gasteiger partial charge in [-0.15, -0.1) is 0 Å². The summed E-state index contributed by atoms with van der Waals surface area (Å²) in [6.45, 7) is 0.380. The van der Waals surface area contributed by atoms with E-state index < -0.39 is 17.5 Å². The van der Waals surface area contributed by atoms with Crippen molar-refractivity contribution in [2.45, 2.75) is 6.61 Å². The zero-order valence-corrected chi connectivity index (χ0v) is 11.2. The van der Waals surface area contributed by atoms with E-state index in [4.69, 9.17) is 16.3 Å². The van der Waals surface area contributed by atoms with Gasteiger partial charge in [0, 0.05) is 0 Å². The maximum absolute atomic E-state index is 11.6. The topological polar surface area (TPSA) is 79.0 Å². The zero-order valence-electron chi connectivity index (χ0n) is 10.4. The largest absolute Gasteiger partial charge is 0.443 e. The highest BCUT2D eigenvalue weighted by atomic mass is 35.5. The number of carbonyl (C=O) groups is 3. The molecule has 106 valence electrons. The Hall–Kier alpha value is -2.28. The van der Waals surface area contributed by atoms with Crippen molar-refractivity contribution in [1.29, 1.82) is 0 Å². The molecule has 0 aromatic heterocycles. The monoisotopic (exact) mass is 297 g/mol. The molecule has 8 heteroatoms. The average Bonchev–Trinajstić information content (AvgIpc) is 2.79. The van der Waals surface area contributed by atoms with E-state index in [2.05, 4.69) is 5.43 Å². The Morgan fingerprint density at radius 2 is 1.95 bits per heavy atom. The number of hydrogen-bond donors (Lipinski definition) is 1. The van der Waals surface area contributed by atoms with Crippen LogP contribution in [-0.4, -0.2) is 40.5 Å². The molecule has 7 nitrogen and oxygen atoms in total. The first-order chi connectivity index (χ1) is 9.58. The maximum atomic E-state index is 11.6. The molecular weight excluding hydrogens is 286 g/mol. The fourth-order valence-electron chi connectivity index (χ4n) is 1.67. The minimum Gasteiger partial charge on any atom is -0.443 e. The fourth-order valence-corrected chi connectivity index (χ4v) is 1.83. The summed E-state index contributed by atoms with van der Waals surface area (Å²) in [6.07, 6.45) is -0.772. The second kappa shape index (κ2) is 6.25. The van der Waals surface area contributed by atoms with Crippen molar-refractivity contribution in [2.75, 3.05) is 13.1 Å². The van der Waals surface area contributed by atoms with Crippen LogP contribution < -0.4 is 5.43 Å². The van der Waals surface area contributed by atoms with E-state index in [-0.39, 0.29) is 19.7 Å². The molecule has 0 aliphatic carbocycles. The highest BCUT2D eigenvalue weighted by molar-refractivity contribution is 6.64. The van der Waals surface area contributed by atoms with Crippen LogP contribution >= 0.6 is 11.6 Å². The number of nitrogens with one attached hydrogen (secondary N) is 1. The smallest absolute Gasteiger partial charge is 0.426 e. The number of carbonyl (C=O) groups excluding carboxylic acids is 3. The number of hydrogen-bond acceptors (Lipinski definition) is 4. The molecule has 20 heavy (non-hydrogen) atoms. The number of nitrogens with zero attached hydrogens (tertiary/aromatic N) is 2. The molecule has 1 aromatic carbocycles. The van der Waals surface area contributed by atoms with Crippen LogP contribution in [-0.2, 0) is 11.3 Å². The Morgan fingerprint density at radius 1 is 1.25 bits per heavy atom. The third kappa shape index (κ3) is 3.39. The van der Waals surface area contributed by atoms with Gasteiger partial charge in [-0.2, -0.15) is 0 Å². The van der Waals surface area contributed by atoms with E-state index >= 15 is 0 Å². The van der Waals surface area contributed by atoms with Crippen LogP contribution in [0.5, 0.6) is 0 Å². The van der Waals surface area contributed by atoms with Crippen molar-refractivity contribution in [3.63, 3.8) is 0 Å². The van der Waals surface area contributed by atoms with E-state index in [9.17, 15) is 14.4 Å². The highest BCUT2D eigenvalue weighted by Crippen LogP contribution is 2.09. The lowest BCUT2D eigenvalue weighted by molar-refractivity contribution is 0.112. The van der Waals surface area contributed by atoms with Gasteiger partial charge in [0.1, 0.15) is 6.61 Å². The van der Waals surface area contributed by atoms with Gasteiger partial charge in [0.25, 0.3) is 0 Å². The summed E-state index contributed by atoms with van der Waals surface area (Å²) in [5.41, 5.74) is 3.08. The van der Waals surface area contributed by atoms with Crippen LogP contribution in [0, 0.1) is 0 Å². The molecule has 0 atom stereocenters. The molecule has 2 rings (SSSR count). The molecule has 1 aromatic rings. The predicted molar refractivity (Wildman–Crippen MR) is 69.8 cm³/mol. The number of ether oxygens (including phenoxy) is 1. The summed E-state index contributed by atoms with van der Waals surface area (Å²) in [5.74, 6) is 0. The summed E-state index contributed by atoms with van der Waals surface area (Å²) >= 11 is 5.22. The van der Waals surface area contributed by atoms with Crippen LogP contribution in [0.4, 0.5) is 14.4 Å². The molecule has 0 spiro atoms. The Labute approximate surface area is 120 Å². The minimum absolute atomic E-state index is 0.0901. The van der Waals surface area contributed by atoms with Crippen molar-refractivity contribution in [3.8, 4) is 0 Å². The van der Waals surface area contributed by atoms with Crippen LogP contribution in [0.3, 0.4) is 0 Å². The SMILES string of the molecule is O=C(NN1CCN(C(=O)Cl)C1=O)OCc1ccccc1. The van der Waals surface area contributed by atoms with E-state index in [0.29, 0.717) is 0 Å². The molecule has 4 amide bonds. The Morgan fingerprint density at radius 3 is 2.55 bits per heavy atom. The van der Waals surface area contributed by atoms with Crippen LogP contribution in [0.25, 0.3) is 0 Å². The first-order valence-electron chi connectivity index (χ1n) is 5.84. The number of hydrazine groups is 1. The van der Waals surface area contributed by atoms with E-state index in [1.165, 1.54) is 0 Å². The van der Waals surface area contributed by atoms with E-state index in [1.807, 2.05) is 30.3 Å². The summed E-state index contributed by atoms with van der Waals surface area (Å²) in [6, 6.07) is 8.44. The van der Waals surface area contributed by atoms with E-state index in [1.54, 1.807) is 0 Å². The number of urea groups is 1. The van der Waals surface area contributed by atoms with Crippen molar-refractivity contribution in [3.05, 3.63) is 35.9 Å². The normalized spacial score (nSPS) is 14.3. The molecule has 1 N–H and O–H groups in total. The third-order valence-electron chi connectivity index (χ3n) is 2.66. The van der Waals surface area contributed by atoms with Gasteiger partial charge >= 0.3 is 17.5 Å². The molecule has 1 aliphatic rings. The molecule has 0 bridgehead atoms. The molecule has 0 saturated carbocycles. The molecule has 1 aliphatic heterocycles. The van der Waals surface area contributed by atoms with Gasteiger partial charge in [-0.3, -0.25) is 4.79 Å². The highest BCUT2D eigenvalue weighted by Gasteiger charge is 2.33. The third-order valence-corrected chi connectivity index (χ3v) is 2.86. The lowest BCUT2D eigenvalue weighted by Gasteiger charge is -2.16. The quantitative estimate of drug-likeness (QED) is 0.683. The summed E-state index contributed by atoms with van der Waals surface area (Å²) in [4.78, 5) is 34.9. The van der Waals surface area contributed by atoms with Gasteiger partial charge in [0.05, 0.1) is 13.1 Å². The molecule has 1 heterocycles. The van der Waals surface area contributed by atoms with Gasteiger partial charge in [0.15, 0.2) is 0 Å². The molecule has 1 saturated heterocycles. The summed E-state index contributed by atoms with van der Waals surface area (Å²) in [7, 11) is 0. The lowest BCUT2D eigenvalue weighted by atomic mass is 10.2. The summed E-state index contributed by atoms with van der Waals surface area (Å²) < 4.78 is 4.95. The second-order valence-corrected chi connectivity index (χ2v) is 4.34. The van der Waals surface area contributed by atoms with Crippen molar-refractivity contribution >= 4 is 29.1 Å². The lowest BCUT2D eigenvalue weighted by Crippen LogP contribution is -2.45. The van der Waals surface area contributed by atoms with Crippen molar-refractivity contribution in [2.24, 2.45) is 0 Å². The van der Waals surface area contributed by atoms with Gasteiger partial charge in [-0.1, -0.05) is 30.3 Å². The predicted octanol–water partition coefficient (Wildman–Crippen LogP) is 1.92. The van der Waals surface area contributed by atoms with Crippen LogP contribution in [0.15, 0.2) is 30.3 Å². The number of benzene rings is 1. The van der Waals surface area contributed by atoms with Crippen LogP contribution in [0.2, 0.25) is 0 Å². The second-order valence-electron chi connectivity index (χ2n) is 4.01. The van der Waals surface area contributed by atoms with Crippen molar-refractivity contribution in [1.82, 2.24) is 15.3 Å². The zero-order chi connectivity index (χ0) is 14.5. The minimum atomic E-state index is -0.878. The molecule has 0 unspecified atom stereocenters. The summed E-state index contributed by atoms with van der Waals surface area (Å²) in [5, 5.41) is 0.102. The number of amides is 4. The van der Waals surface area contributed by atoms with Gasteiger partial charge < -0.3 is 4.74 Å². The first kappa shape index (κ1) is 14.1. The molecule has 1 fully saturated rings. The van der Waals surface area contributed by atoms with Gasteiger partial charge in [-0.25, -0.2) is 24.9 Å². The Kier molecular flexibility index (Phi) is 4.41. The Balaban J connectivity index is 1.81. The van der Waals surface area contributed by atoms with E-state index in [0.717, 1.165) is 15.5 Å². The first-order valence-corrected chi connectivity index (χ1v) is 6.21. The van der Waals surface area contributed by atoms with Crippen LogP contribution in [0.1, 0.15) is 5.56 Å². The average molecular weight is 298 g/mol. The number of halogens is 1. The number of imide groups is 1. The maximum Gasteiger partial charge on any atom is 0.426 e.